The third-order valence-corrected chi connectivity index (χ3v) is 6.70. The summed E-state index contributed by atoms with van der Waals surface area (Å²) in [5.41, 5.74) is 1.88. The largest absolute Gasteiger partial charge is 0.508 e. The Morgan fingerprint density at radius 1 is 1.09 bits per heavy atom. The molecule has 0 aliphatic carbocycles. The minimum Gasteiger partial charge on any atom is -0.508 e. The van der Waals surface area contributed by atoms with E-state index >= 15 is 0 Å². The van der Waals surface area contributed by atoms with Crippen LogP contribution in [0.15, 0.2) is 42.5 Å². The summed E-state index contributed by atoms with van der Waals surface area (Å²) in [6, 6.07) is 13.4. The van der Waals surface area contributed by atoms with Crippen LogP contribution >= 0.6 is 8.58 Å². The molecule has 0 amide bonds. The van der Waals surface area contributed by atoms with Crippen LogP contribution in [-0.4, -0.2) is 17.3 Å². The Kier molecular flexibility index (Phi) is 6.04. The number of methoxy groups -OCH3 is 1. The van der Waals surface area contributed by atoms with Gasteiger partial charge in [-0.1, -0.05) is 46.7 Å². The van der Waals surface area contributed by atoms with Crippen molar-refractivity contribution in [2.24, 2.45) is 0 Å². The Labute approximate surface area is 140 Å². The summed E-state index contributed by atoms with van der Waals surface area (Å²) in [6.07, 6.45) is 1.81. The molecule has 1 unspecified atom stereocenters. The molecule has 124 valence electrons. The minimum absolute atomic E-state index is 0.0385. The van der Waals surface area contributed by atoms with E-state index in [9.17, 15) is 10.2 Å². The molecule has 2 rings (SSSR count). The molecular weight excluding hydrogens is 307 g/mol. The van der Waals surface area contributed by atoms with E-state index < -0.39 is 0 Å². The molecule has 0 aliphatic heterocycles. The van der Waals surface area contributed by atoms with Gasteiger partial charge in [0.05, 0.1) is 13.7 Å². The van der Waals surface area contributed by atoms with E-state index in [1.807, 2.05) is 24.3 Å². The highest BCUT2D eigenvalue weighted by molar-refractivity contribution is 7.48. The SMILES string of the molecule is CCC(CC)(Pc1ccccc1CO)c1cc(OC)ccc1O. The van der Waals surface area contributed by atoms with Crippen LogP contribution < -0.4 is 10.0 Å². The molecule has 0 radical (unpaired) electrons. The fourth-order valence-corrected chi connectivity index (χ4v) is 4.64. The fraction of sp³-hybridized carbons (Fsp3) is 0.368. The third-order valence-electron chi connectivity index (χ3n) is 4.49. The quantitative estimate of drug-likeness (QED) is 0.756. The van der Waals surface area contributed by atoms with Crippen LogP contribution in [0.3, 0.4) is 0 Å². The maximum absolute atomic E-state index is 10.4. The summed E-state index contributed by atoms with van der Waals surface area (Å²) >= 11 is 0. The van der Waals surface area contributed by atoms with Gasteiger partial charge in [0.15, 0.2) is 0 Å². The molecule has 0 heterocycles. The van der Waals surface area contributed by atoms with Crippen LogP contribution in [0.5, 0.6) is 11.5 Å². The Morgan fingerprint density at radius 2 is 1.78 bits per heavy atom. The maximum atomic E-state index is 10.4. The Hall–Kier alpha value is -1.57. The summed E-state index contributed by atoms with van der Waals surface area (Å²) in [5.74, 6) is 1.06. The zero-order chi connectivity index (χ0) is 16.9. The number of ether oxygens (including phenoxy) is 1. The van der Waals surface area contributed by atoms with Crippen molar-refractivity contribution in [2.45, 2.75) is 38.5 Å². The molecule has 0 saturated carbocycles. The minimum atomic E-state index is -0.163. The van der Waals surface area contributed by atoms with Crippen molar-refractivity contribution < 1.29 is 14.9 Å². The Morgan fingerprint density at radius 3 is 2.39 bits per heavy atom. The van der Waals surface area contributed by atoms with Crippen molar-refractivity contribution in [3.63, 3.8) is 0 Å². The van der Waals surface area contributed by atoms with Gasteiger partial charge >= 0.3 is 0 Å². The van der Waals surface area contributed by atoms with Crippen LogP contribution in [0.25, 0.3) is 0 Å². The average Bonchev–Trinajstić information content (AvgIpc) is 2.60. The average molecular weight is 332 g/mol. The first kappa shape index (κ1) is 17.8. The van der Waals surface area contributed by atoms with Gasteiger partial charge in [0.2, 0.25) is 0 Å². The molecule has 0 saturated heterocycles. The van der Waals surface area contributed by atoms with Crippen molar-refractivity contribution in [3.05, 3.63) is 53.6 Å². The van der Waals surface area contributed by atoms with E-state index in [4.69, 9.17) is 4.74 Å². The lowest BCUT2D eigenvalue weighted by molar-refractivity contribution is 0.283. The van der Waals surface area contributed by atoms with E-state index in [1.54, 1.807) is 19.2 Å². The first-order valence-electron chi connectivity index (χ1n) is 7.94. The second-order valence-electron chi connectivity index (χ2n) is 5.61. The highest BCUT2D eigenvalue weighted by Crippen LogP contribution is 2.50. The molecule has 23 heavy (non-hydrogen) atoms. The van der Waals surface area contributed by atoms with Crippen LogP contribution in [0, 0.1) is 0 Å². The smallest absolute Gasteiger partial charge is 0.119 e. The second kappa shape index (κ2) is 7.81. The van der Waals surface area contributed by atoms with Crippen molar-refractivity contribution in [3.8, 4) is 11.5 Å². The molecule has 3 nitrogen and oxygen atoms in total. The lowest BCUT2D eigenvalue weighted by Gasteiger charge is -2.34. The van der Waals surface area contributed by atoms with Gasteiger partial charge in [0, 0.05) is 10.7 Å². The zero-order valence-corrected chi connectivity index (χ0v) is 15.0. The molecule has 0 aromatic heterocycles. The number of rotatable bonds is 7. The van der Waals surface area contributed by atoms with Crippen molar-refractivity contribution in [1.82, 2.24) is 0 Å². The number of benzene rings is 2. The van der Waals surface area contributed by atoms with Crippen molar-refractivity contribution in [2.75, 3.05) is 7.11 Å². The standard InChI is InChI=1S/C19H25O3P/c1-4-19(5-2,16-12-15(22-3)10-11-17(16)21)23-18-9-7-6-8-14(18)13-20/h6-12,20-21,23H,4-5,13H2,1-3H3. The lowest BCUT2D eigenvalue weighted by atomic mass is 9.91. The topological polar surface area (TPSA) is 49.7 Å². The highest BCUT2D eigenvalue weighted by Gasteiger charge is 2.32. The van der Waals surface area contributed by atoms with E-state index in [0.717, 1.165) is 35.0 Å². The molecule has 0 aliphatic rings. The van der Waals surface area contributed by atoms with Gasteiger partial charge in [0.25, 0.3) is 0 Å². The number of aliphatic hydroxyl groups is 1. The first-order chi connectivity index (χ1) is 11.1. The number of hydrogen-bond donors (Lipinski definition) is 2. The fourth-order valence-electron chi connectivity index (χ4n) is 2.94. The van der Waals surface area contributed by atoms with Gasteiger partial charge in [-0.05, 0) is 41.9 Å². The summed E-state index contributed by atoms with van der Waals surface area (Å²) < 4.78 is 5.34. The number of hydrogen-bond acceptors (Lipinski definition) is 3. The summed E-state index contributed by atoms with van der Waals surface area (Å²) in [4.78, 5) is 0. The predicted molar refractivity (Wildman–Crippen MR) is 97.2 cm³/mol. The van der Waals surface area contributed by atoms with Crippen LogP contribution in [0.2, 0.25) is 0 Å². The molecule has 1 atom stereocenters. The third kappa shape index (κ3) is 3.68. The molecule has 0 bridgehead atoms. The van der Waals surface area contributed by atoms with E-state index in [2.05, 4.69) is 19.9 Å². The lowest BCUT2D eigenvalue weighted by Crippen LogP contribution is -2.23. The van der Waals surface area contributed by atoms with Gasteiger partial charge in [-0.3, -0.25) is 0 Å². The van der Waals surface area contributed by atoms with Gasteiger partial charge in [0.1, 0.15) is 11.5 Å². The normalized spacial score (nSPS) is 12.0. The molecule has 0 fully saturated rings. The van der Waals surface area contributed by atoms with Crippen molar-refractivity contribution in [1.29, 1.82) is 0 Å². The number of aromatic hydroxyl groups is 1. The van der Waals surface area contributed by atoms with E-state index in [-0.39, 0.29) is 11.8 Å². The molecule has 0 spiro atoms. The Balaban J connectivity index is 2.51. The molecule has 2 aromatic carbocycles. The molecule has 2 aromatic rings. The van der Waals surface area contributed by atoms with Gasteiger partial charge in [-0.25, -0.2) is 0 Å². The van der Waals surface area contributed by atoms with Gasteiger partial charge < -0.3 is 14.9 Å². The predicted octanol–water partition coefficient (Wildman–Crippen LogP) is 3.91. The van der Waals surface area contributed by atoms with Crippen LogP contribution in [0.4, 0.5) is 0 Å². The molecule has 2 N–H and O–H groups in total. The maximum Gasteiger partial charge on any atom is 0.119 e. The number of phenols is 1. The summed E-state index contributed by atoms with van der Waals surface area (Å²) in [7, 11) is 2.11. The van der Waals surface area contributed by atoms with E-state index in [1.165, 1.54) is 0 Å². The van der Waals surface area contributed by atoms with Crippen LogP contribution in [-0.2, 0) is 11.8 Å². The van der Waals surface area contributed by atoms with Gasteiger partial charge in [-0.2, -0.15) is 0 Å². The highest BCUT2D eigenvalue weighted by atomic mass is 31.1. The zero-order valence-electron chi connectivity index (χ0n) is 14.0. The molecular formula is C19H25O3P. The van der Waals surface area contributed by atoms with Crippen molar-refractivity contribution >= 4 is 13.9 Å². The Bertz CT molecular complexity index is 651. The summed E-state index contributed by atoms with van der Waals surface area (Å²) in [5, 5.41) is 21.0. The first-order valence-corrected chi connectivity index (χ1v) is 8.94. The number of phenolic OH excluding ortho intramolecular Hbond substituents is 1. The monoisotopic (exact) mass is 332 g/mol. The van der Waals surface area contributed by atoms with Crippen LogP contribution in [0.1, 0.15) is 37.8 Å². The summed E-state index contributed by atoms with van der Waals surface area (Å²) in [6.45, 7) is 4.34. The van der Waals surface area contributed by atoms with E-state index in [0.29, 0.717) is 14.3 Å². The second-order valence-corrected chi connectivity index (χ2v) is 7.36. The molecule has 4 heteroatoms. The number of aliphatic hydroxyl groups excluding tert-OH is 1. The van der Waals surface area contributed by atoms with Gasteiger partial charge in [-0.15, -0.1) is 0 Å².